The van der Waals surface area contributed by atoms with Crippen LogP contribution in [0.3, 0.4) is 0 Å². The number of guanidine groups is 1. The molecule has 1 aliphatic rings. The third kappa shape index (κ3) is 4.57. The van der Waals surface area contributed by atoms with Crippen LogP contribution in [0.5, 0.6) is 0 Å². The third-order valence-electron chi connectivity index (χ3n) is 3.84. The summed E-state index contributed by atoms with van der Waals surface area (Å²) in [6, 6.07) is 1.49. The van der Waals surface area contributed by atoms with Gasteiger partial charge in [-0.3, -0.25) is 9.30 Å². The van der Waals surface area contributed by atoms with E-state index in [1.54, 1.807) is 6.92 Å². The molecule has 0 fully saturated rings. The van der Waals surface area contributed by atoms with Crippen molar-refractivity contribution >= 4 is 21.6 Å². The lowest BCUT2D eigenvalue weighted by molar-refractivity contribution is -0.147. The molecule has 146 valence electrons. The largest absolute Gasteiger partial charge is 0.411 e. The van der Waals surface area contributed by atoms with Crippen molar-refractivity contribution in [1.29, 1.82) is 0 Å². The molecule has 0 aliphatic carbocycles. The van der Waals surface area contributed by atoms with Crippen molar-refractivity contribution in [1.82, 2.24) is 4.31 Å². The summed E-state index contributed by atoms with van der Waals surface area (Å²) < 4.78 is 71.9. The maximum atomic E-state index is 14.1. The standard InChI is InChI=1S/C15H21F4N5OS/c1-2-22-14(21)24-7-3-4-13(15(17,18)19)23-26(24,25)9-10-8-11(20)5-6-12(10)16/h5-6,8,13H,2-4,7,9,20H2,1H3,(H2,21,22). The zero-order valence-electron chi connectivity index (χ0n) is 14.2. The number of anilines is 1. The van der Waals surface area contributed by atoms with E-state index in [9.17, 15) is 21.8 Å². The van der Waals surface area contributed by atoms with E-state index in [1.807, 2.05) is 0 Å². The molecule has 2 unspecified atom stereocenters. The lowest BCUT2D eigenvalue weighted by Crippen LogP contribution is -2.43. The first-order valence-corrected chi connectivity index (χ1v) is 9.63. The number of aliphatic imine (C=N–C) groups is 1. The molecule has 2 rings (SSSR count). The van der Waals surface area contributed by atoms with Crippen LogP contribution < -0.4 is 11.5 Å². The Morgan fingerprint density at radius 3 is 2.77 bits per heavy atom. The number of alkyl halides is 3. The highest BCUT2D eigenvalue weighted by atomic mass is 32.2. The predicted octanol–water partition coefficient (Wildman–Crippen LogP) is 2.65. The topological polar surface area (TPSA) is 97.1 Å². The van der Waals surface area contributed by atoms with Crippen LogP contribution in [-0.4, -0.2) is 39.8 Å². The van der Waals surface area contributed by atoms with E-state index >= 15 is 0 Å². The molecule has 1 aliphatic heterocycles. The summed E-state index contributed by atoms with van der Waals surface area (Å²) in [5, 5.41) is 0. The van der Waals surface area contributed by atoms with Gasteiger partial charge in [-0.05, 0) is 38.0 Å². The van der Waals surface area contributed by atoms with Crippen LogP contribution in [0.1, 0.15) is 25.3 Å². The Morgan fingerprint density at radius 2 is 2.15 bits per heavy atom. The van der Waals surface area contributed by atoms with E-state index in [0.29, 0.717) is 0 Å². The molecule has 0 spiro atoms. The Morgan fingerprint density at radius 1 is 1.46 bits per heavy atom. The fourth-order valence-corrected chi connectivity index (χ4v) is 4.98. The van der Waals surface area contributed by atoms with Crippen molar-refractivity contribution < 1.29 is 21.8 Å². The van der Waals surface area contributed by atoms with Gasteiger partial charge in [0.05, 0.1) is 5.75 Å². The summed E-state index contributed by atoms with van der Waals surface area (Å²) >= 11 is 0. The highest BCUT2D eigenvalue weighted by molar-refractivity contribution is 7.91. The molecular formula is C15H21F4N5OS. The molecule has 0 aromatic heterocycles. The highest BCUT2D eigenvalue weighted by Gasteiger charge is 2.43. The number of halogens is 4. The van der Waals surface area contributed by atoms with Crippen LogP contribution in [0.4, 0.5) is 23.2 Å². The summed E-state index contributed by atoms with van der Waals surface area (Å²) in [5.41, 5.74) is 11.5. The van der Waals surface area contributed by atoms with Gasteiger partial charge in [-0.25, -0.2) is 13.0 Å². The Balaban J connectivity index is 2.58. The molecule has 2 atom stereocenters. The van der Waals surface area contributed by atoms with Gasteiger partial charge in [0.1, 0.15) is 15.7 Å². The quantitative estimate of drug-likeness (QED) is 0.356. The number of rotatable bonds is 3. The Kier molecular flexibility index (Phi) is 5.99. The van der Waals surface area contributed by atoms with E-state index in [1.165, 1.54) is 12.1 Å². The van der Waals surface area contributed by atoms with E-state index in [2.05, 4.69) is 9.36 Å². The maximum absolute atomic E-state index is 14.1. The summed E-state index contributed by atoms with van der Waals surface area (Å²) in [5.74, 6) is -1.47. The molecule has 1 aromatic carbocycles. The van der Waals surface area contributed by atoms with Crippen molar-refractivity contribution in [3.63, 3.8) is 0 Å². The maximum Gasteiger partial charge on any atom is 0.411 e. The molecule has 1 heterocycles. The second kappa shape index (κ2) is 7.68. The van der Waals surface area contributed by atoms with Gasteiger partial charge in [-0.15, -0.1) is 0 Å². The zero-order valence-corrected chi connectivity index (χ0v) is 15.0. The molecule has 11 heteroatoms. The van der Waals surface area contributed by atoms with Crippen molar-refractivity contribution in [2.45, 2.75) is 37.7 Å². The molecule has 0 amide bonds. The van der Waals surface area contributed by atoms with Crippen LogP contribution in [-0.2, 0) is 15.7 Å². The first kappa shape index (κ1) is 20.3. The first-order valence-electron chi connectivity index (χ1n) is 7.99. The molecule has 6 nitrogen and oxygen atoms in total. The number of hydrogen-bond donors (Lipinski definition) is 2. The number of hydrogen-bond acceptors (Lipinski definition) is 4. The van der Waals surface area contributed by atoms with Gasteiger partial charge in [0, 0.05) is 24.3 Å². The second-order valence-corrected chi connectivity index (χ2v) is 8.00. The lowest BCUT2D eigenvalue weighted by Gasteiger charge is -2.26. The molecule has 4 N–H and O–H groups in total. The number of benzene rings is 1. The van der Waals surface area contributed by atoms with Crippen molar-refractivity contribution in [3.05, 3.63) is 29.6 Å². The Labute approximate surface area is 149 Å². The molecular weight excluding hydrogens is 374 g/mol. The second-order valence-electron chi connectivity index (χ2n) is 5.84. The van der Waals surface area contributed by atoms with Crippen LogP contribution in [0.2, 0.25) is 0 Å². The molecule has 0 radical (unpaired) electrons. The van der Waals surface area contributed by atoms with E-state index in [4.69, 9.17) is 11.5 Å². The number of nitrogens with zero attached hydrogens (tertiary/aromatic N) is 3. The predicted molar refractivity (Wildman–Crippen MR) is 93.0 cm³/mol. The Hall–Kier alpha value is -2.04. The lowest BCUT2D eigenvalue weighted by atomic mass is 10.1. The molecule has 0 saturated heterocycles. The zero-order chi connectivity index (χ0) is 19.5. The van der Waals surface area contributed by atoms with Crippen molar-refractivity contribution in [2.75, 3.05) is 18.8 Å². The molecule has 0 saturated carbocycles. The summed E-state index contributed by atoms with van der Waals surface area (Å²) in [7, 11) is -3.73. The van der Waals surface area contributed by atoms with Crippen LogP contribution in [0.25, 0.3) is 0 Å². The fraction of sp³-hybridized carbons (Fsp3) is 0.533. The smallest absolute Gasteiger partial charge is 0.399 e. The minimum atomic E-state index is -4.65. The number of nitrogens with two attached hydrogens (primary N) is 2. The Bertz CT molecular complexity index is 802. The minimum Gasteiger partial charge on any atom is -0.399 e. The van der Waals surface area contributed by atoms with Crippen LogP contribution in [0.15, 0.2) is 27.6 Å². The van der Waals surface area contributed by atoms with Crippen LogP contribution in [0, 0.1) is 5.82 Å². The summed E-state index contributed by atoms with van der Waals surface area (Å²) in [4.78, 5) is 3.94. The average Bonchev–Trinajstić information content (AvgIpc) is 2.70. The molecule has 0 bridgehead atoms. The highest BCUT2D eigenvalue weighted by Crippen LogP contribution is 2.32. The average molecular weight is 395 g/mol. The van der Waals surface area contributed by atoms with E-state index in [-0.39, 0.29) is 43.1 Å². The minimum absolute atomic E-state index is 0.0197. The first-order chi connectivity index (χ1) is 12.1. The molecule has 26 heavy (non-hydrogen) atoms. The summed E-state index contributed by atoms with van der Waals surface area (Å²) in [6.45, 7) is 1.92. The van der Waals surface area contributed by atoms with E-state index in [0.717, 1.165) is 10.4 Å². The van der Waals surface area contributed by atoms with Gasteiger partial charge < -0.3 is 11.5 Å². The third-order valence-corrected chi connectivity index (χ3v) is 6.17. The van der Waals surface area contributed by atoms with Crippen molar-refractivity contribution in [2.24, 2.45) is 15.1 Å². The SMILES string of the molecule is CCN=C(N)N1CCCC(C(F)(F)F)N=S1(=O)Cc1cc(N)ccc1F. The van der Waals surface area contributed by atoms with Gasteiger partial charge in [-0.2, -0.15) is 13.2 Å². The van der Waals surface area contributed by atoms with Crippen LogP contribution >= 0.6 is 0 Å². The normalized spacial score (nSPS) is 24.9. The van der Waals surface area contributed by atoms with E-state index < -0.39 is 33.7 Å². The molecule has 1 aromatic rings. The monoisotopic (exact) mass is 395 g/mol. The summed E-state index contributed by atoms with van der Waals surface area (Å²) in [6.07, 6.45) is -4.90. The fourth-order valence-electron chi connectivity index (χ4n) is 2.63. The van der Waals surface area contributed by atoms with Gasteiger partial charge in [0.2, 0.25) is 5.96 Å². The number of nitrogen functional groups attached to an aromatic ring is 1. The van der Waals surface area contributed by atoms with Gasteiger partial charge in [0.15, 0.2) is 6.04 Å². The van der Waals surface area contributed by atoms with Gasteiger partial charge in [0.25, 0.3) is 0 Å². The van der Waals surface area contributed by atoms with Gasteiger partial charge in [-0.1, -0.05) is 0 Å². The van der Waals surface area contributed by atoms with Gasteiger partial charge >= 0.3 is 6.18 Å². The van der Waals surface area contributed by atoms with Crippen molar-refractivity contribution in [3.8, 4) is 0 Å².